The van der Waals surface area contributed by atoms with Crippen LogP contribution < -0.4 is 10.1 Å². The van der Waals surface area contributed by atoms with Crippen LogP contribution in [0, 0.1) is 5.92 Å². The first-order valence-corrected chi connectivity index (χ1v) is 6.31. The monoisotopic (exact) mass is 306 g/mol. The Kier molecular flexibility index (Phi) is 5.95. The van der Waals surface area contributed by atoms with Gasteiger partial charge in [0.25, 0.3) is 5.91 Å². The van der Waals surface area contributed by atoms with Crippen LogP contribution in [0.1, 0.15) is 24.3 Å². The van der Waals surface area contributed by atoms with E-state index in [-0.39, 0.29) is 30.1 Å². The van der Waals surface area contributed by atoms with Crippen LogP contribution in [0.2, 0.25) is 0 Å². The number of carbonyl (C=O) groups is 1. The second-order valence-corrected chi connectivity index (χ2v) is 4.69. The highest BCUT2D eigenvalue weighted by atomic mass is 19.4. The lowest BCUT2D eigenvalue weighted by Gasteiger charge is -2.19. The Morgan fingerprint density at radius 2 is 2.10 bits per heavy atom. The summed E-state index contributed by atoms with van der Waals surface area (Å²) in [6, 6.07) is 3.69. The summed E-state index contributed by atoms with van der Waals surface area (Å²) in [6.07, 6.45) is -4.47. The first-order valence-electron chi connectivity index (χ1n) is 6.31. The molecule has 1 rings (SSSR count). The zero-order valence-corrected chi connectivity index (χ0v) is 11.6. The Morgan fingerprint density at radius 1 is 1.43 bits per heavy atom. The standard InChI is InChI=1S/C13H17F3N2O3/c1-8(6-19)9(2)17-12(20)10-4-3-5-11(18-10)21-7-13(14,15)16/h3-5,8-9,19H,6-7H2,1-2H3,(H,17,20). The van der Waals surface area contributed by atoms with Crippen LogP contribution in [0.15, 0.2) is 18.2 Å². The second-order valence-electron chi connectivity index (χ2n) is 4.69. The van der Waals surface area contributed by atoms with Gasteiger partial charge in [-0.05, 0) is 18.9 Å². The second kappa shape index (κ2) is 7.26. The van der Waals surface area contributed by atoms with E-state index in [1.54, 1.807) is 13.8 Å². The molecule has 0 spiro atoms. The fourth-order valence-corrected chi connectivity index (χ4v) is 1.36. The molecule has 2 atom stereocenters. The molecule has 118 valence electrons. The summed E-state index contributed by atoms with van der Waals surface area (Å²) in [4.78, 5) is 15.6. The van der Waals surface area contributed by atoms with Gasteiger partial charge in [0.1, 0.15) is 5.69 Å². The van der Waals surface area contributed by atoms with Crippen LogP contribution in [0.3, 0.4) is 0 Å². The predicted molar refractivity (Wildman–Crippen MR) is 69.0 cm³/mol. The van der Waals surface area contributed by atoms with Crippen molar-refractivity contribution in [2.75, 3.05) is 13.2 Å². The number of pyridine rings is 1. The zero-order chi connectivity index (χ0) is 16.0. The van der Waals surface area contributed by atoms with Gasteiger partial charge in [0.2, 0.25) is 5.88 Å². The number of alkyl halides is 3. The van der Waals surface area contributed by atoms with Crippen molar-refractivity contribution in [3.8, 4) is 5.88 Å². The van der Waals surface area contributed by atoms with Crippen molar-refractivity contribution in [3.05, 3.63) is 23.9 Å². The Labute approximate surface area is 120 Å². The lowest BCUT2D eigenvalue weighted by molar-refractivity contribution is -0.154. The molecule has 0 bridgehead atoms. The fourth-order valence-electron chi connectivity index (χ4n) is 1.36. The summed E-state index contributed by atoms with van der Waals surface area (Å²) < 4.78 is 40.6. The van der Waals surface area contributed by atoms with E-state index in [4.69, 9.17) is 5.11 Å². The van der Waals surface area contributed by atoms with Gasteiger partial charge in [0.05, 0.1) is 0 Å². The summed E-state index contributed by atoms with van der Waals surface area (Å²) in [5, 5.41) is 11.6. The molecule has 0 aromatic carbocycles. The summed E-state index contributed by atoms with van der Waals surface area (Å²) in [5.41, 5.74) is -0.0494. The molecule has 2 unspecified atom stereocenters. The van der Waals surface area contributed by atoms with Gasteiger partial charge in [-0.2, -0.15) is 13.2 Å². The topological polar surface area (TPSA) is 71.5 Å². The van der Waals surface area contributed by atoms with Gasteiger partial charge in [0, 0.05) is 18.7 Å². The third-order valence-corrected chi connectivity index (χ3v) is 2.84. The molecule has 0 radical (unpaired) electrons. The average molecular weight is 306 g/mol. The molecule has 0 saturated heterocycles. The van der Waals surface area contributed by atoms with Gasteiger partial charge in [-0.15, -0.1) is 0 Å². The van der Waals surface area contributed by atoms with Crippen molar-refractivity contribution >= 4 is 5.91 Å². The maximum Gasteiger partial charge on any atom is 0.422 e. The van der Waals surface area contributed by atoms with Crippen LogP contribution in [0.25, 0.3) is 0 Å². The molecule has 1 aromatic heterocycles. The first kappa shape index (κ1) is 17.2. The third-order valence-electron chi connectivity index (χ3n) is 2.84. The van der Waals surface area contributed by atoms with Gasteiger partial charge in [0.15, 0.2) is 6.61 Å². The van der Waals surface area contributed by atoms with Crippen LogP contribution in [0.5, 0.6) is 5.88 Å². The number of aromatic nitrogens is 1. The number of aliphatic hydroxyl groups excluding tert-OH is 1. The van der Waals surface area contributed by atoms with E-state index < -0.39 is 18.7 Å². The van der Waals surface area contributed by atoms with E-state index in [1.807, 2.05) is 0 Å². The molecule has 0 saturated carbocycles. The molecule has 0 aliphatic carbocycles. The zero-order valence-electron chi connectivity index (χ0n) is 11.6. The Hall–Kier alpha value is -1.83. The molecule has 1 aromatic rings. The molecule has 8 heteroatoms. The van der Waals surface area contributed by atoms with Crippen molar-refractivity contribution in [2.24, 2.45) is 5.92 Å². The van der Waals surface area contributed by atoms with E-state index in [0.717, 1.165) is 0 Å². The van der Waals surface area contributed by atoms with Crippen molar-refractivity contribution in [3.63, 3.8) is 0 Å². The van der Waals surface area contributed by atoms with E-state index in [2.05, 4.69) is 15.0 Å². The van der Waals surface area contributed by atoms with Gasteiger partial charge in [-0.25, -0.2) is 4.98 Å². The molecule has 21 heavy (non-hydrogen) atoms. The number of aliphatic hydroxyl groups is 1. The van der Waals surface area contributed by atoms with Crippen molar-refractivity contribution < 1.29 is 27.8 Å². The molecule has 1 heterocycles. The number of rotatable bonds is 6. The molecule has 0 aliphatic rings. The van der Waals surface area contributed by atoms with Gasteiger partial charge < -0.3 is 15.2 Å². The molecule has 0 fully saturated rings. The first-order chi connectivity index (χ1) is 9.73. The number of hydrogen-bond acceptors (Lipinski definition) is 4. The quantitative estimate of drug-likeness (QED) is 0.840. The van der Waals surface area contributed by atoms with Crippen LogP contribution in [-0.4, -0.2) is 41.4 Å². The molecular weight excluding hydrogens is 289 g/mol. The molecule has 1 amide bonds. The molecule has 0 aliphatic heterocycles. The van der Waals surface area contributed by atoms with Crippen LogP contribution in [0.4, 0.5) is 13.2 Å². The van der Waals surface area contributed by atoms with E-state index in [9.17, 15) is 18.0 Å². The Balaban J connectivity index is 2.69. The lowest BCUT2D eigenvalue weighted by atomic mass is 10.1. The Morgan fingerprint density at radius 3 is 2.67 bits per heavy atom. The van der Waals surface area contributed by atoms with Gasteiger partial charge in [-0.1, -0.05) is 13.0 Å². The minimum Gasteiger partial charge on any atom is -0.468 e. The maximum absolute atomic E-state index is 12.0. The predicted octanol–water partition coefficient (Wildman–Crippen LogP) is 1.77. The molecular formula is C13H17F3N2O3. The van der Waals surface area contributed by atoms with Gasteiger partial charge in [-0.3, -0.25) is 4.79 Å². The van der Waals surface area contributed by atoms with Crippen LogP contribution >= 0.6 is 0 Å². The smallest absolute Gasteiger partial charge is 0.422 e. The minimum atomic E-state index is -4.47. The molecule has 5 nitrogen and oxygen atoms in total. The highest BCUT2D eigenvalue weighted by molar-refractivity contribution is 5.92. The number of ether oxygens (including phenoxy) is 1. The van der Waals surface area contributed by atoms with Crippen molar-refractivity contribution in [2.45, 2.75) is 26.1 Å². The number of carbonyl (C=O) groups excluding carboxylic acids is 1. The van der Waals surface area contributed by atoms with Gasteiger partial charge >= 0.3 is 6.18 Å². The van der Waals surface area contributed by atoms with Crippen LogP contribution in [-0.2, 0) is 0 Å². The number of halogens is 3. The van der Waals surface area contributed by atoms with E-state index >= 15 is 0 Å². The highest BCUT2D eigenvalue weighted by Gasteiger charge is 2.28. The minimum absolute atomic E-state index is 0.0494. The maximum atomic E-state index is 12.0. The summed E-state index contributed by atoms with van der Waals surface area (Å²) in [7, 11) is 0. The number of hydrogen-bond donors (Lipinski definition) is 2. The number of nitrogens with zero attached hydrogens (tertiary/aromatic N) is 1. The Bertz CT molecular complexity index is 480. The van der Waals surface area contributed by atoms with E-state index in [0.29, 0.717) is 0 Å². The summed E-state index contributed by atoms with van der Waals surface area (Å²) >= 11 is 0. The molecule has 2 N–H and O–H groups in total. The highest BCUT2D eigenvalue weighted by Crippen LogP contribution is 2.17. The van der Waals surface area contributed by atoms with Crippen molar-refractivity contribution in [1.82, 2.24) is 10.3 Å². The van der Waals surface area contributed by atoms with Crippen molar-refractivity contribution in [1.29, 1.82) is 0 Å². The SMILES string of the molecule is CC(CO)C(C)NC(=O)c1cccc(OCC(F)(F)F)n1. The summed E-state index contributed by atoms with van der Waals surface area (Å²) in [6.45, 7) is 1.90. The number of nitrogens with one attached hydrogen (secondary N) is 1. The summed E-state index contributed by atoms with van der Waals surface area (Å²) in [5.74, 6) is -0.971. The largest absolute Gasteiger partial charge is 0.468 e. The fraction of sp³-hybridized carbons (Fsp3) is 0.538. The lowest BCUT2D eigenvalue weighted by Crippen LogP contribution is -2.38. The number of amides is 1. The van der Waals surface area contributed by atoms with E-state index in [1.165, 1.54) is 18.2 Å². The third kappa shape index (κ3) is 5.99. The normalized spacial score (nSPS) is 14.4. The average Bonchev–Trinajstić information content (AvgIpc) is 2.43.